The van der Waals surface area contributed by atoms with Crippen LogP contribution in [0.25, 0.3) is 0 Å². The SMILES string of the molecule is CC1CCN(C(=O)COc2ccc(Br)cc2)C1CO. The van der Waals surface area contributed by atoms with Crippen molar-refractivity contribution in [2.45, 2.75) is 19.4 Å². The first-order chi connectivity index (χ1) is 9.11. The van der Waals surface area contributed by atoms with E-state index in [1.165, 1.54) is 0 Å². The number of nitrogens with zero attached hydrogens (tertiary/aromatic N) is 1. The molecule has 1 amide bonds. The Morgan fingerprint density at radius 2 is 2.16 bits per heavy atom. The number of carbonyl (C=O) groups excluding carboxylic acids is 1. The molecular formula is C14H18BrNO3. The number of halogens is 1. The summed E-state index contributed by atoms with van der Waals surface area (Å²) in [5.74, 6) is 0.956. The zero-order valence-electron chi connectivity index (χ0n) is 10.9. The molecule has 0 spiro atoms. The summed E-state index contributed by atoms with van der Waals surface area (Å²) >= 11 is 3.34. The van der Waals surface area contributed by atoms with Crippen molar-refractivity contribution >= 4 is 21.8 Å². The van der Waals surface area contributed by atoms with Crippen LogP contribution in [0.5, 0.6) is 5.75 Å². The molecule has 0 radical (unpaired) electrons. The molecule has 2 atom stereocenters. The molecule has 2 rings (SSSR count). The molecule has 1 saturated heterocycles. The van der Waals surface area contributed by atoms with E-state index >= 15 is 0 Å². The smallest absolute Gasteiger partial charge is 0.260 e. The molecule has 104 valence electrons. The van der Waals surface area contributed by atoms with Gasteiger partial charge < -0.3 is 14.7 Å². The van der Waals surface area contributed by atoms with Gasteiger partial charge in [-0.2, -0.15) is 0 Å². The minimum Gasteiger partial charge on any atom is -0.484 e. The second kappa shape index (κ2) is 6.39. The number of aliphatic hydroxyl groups is 1. The van der Waals surface area contributed by atoms with Crippen molar-refractivity contribution in [3.8, 4) is 5.75 Å². The number of hydrogen-bond donors (Lipinski definition) is 1. The van der Waals surface area contributed by atoms with Crippen LogP contribution in [0.1, 0.15) is 13.3 Å². The number of rotatable bonds is 4. The Labute approximate surface area is 121 Å². The molecule has 1 aromatic rings. The van der Waals surface area contributed by atoms with Gasteiger partial charge in [-0.25, -0.2) is 0 Å². The van der Waals surface area contributed by atoms with E-state index in [0.29, 0.717) is 18.2 Å². The third kappa shape index (κ3) is 3.48. The lowest BCUT2D eigenvalue weighted by Crippen LogP contribution is -2.42. The molecule has 1 aromatic carbocycles. The van der Waals surface area contributed by atoms with Crippen LogP contribution in [-0.2, 0) is 4.79 Å². The van der Waals surface area contributed by atoms with Gasteiger partial charge in [0.1, 0.15) is 5.75 Å². The zero-order valence-corrected chi connectivity index (χ0v) is 12.5. The number of aliphatic hydroxyl groups excluding tert-OH is 1. The summed E-state index contributed by atoms with van der Waals surface area (Å²) in [5.41, 5.74) is 0. The maximum Gasteiger partial charge on any atom is 0.260 e. The van der Waals surface area contributed by atoms with Crippen molar-refractivity contribution in [2.24, 2.45) is 5.92 Å². The molecule has 1 aliphatic heterocycles. The summed E-state index contributed by atoms with van der Waals surface area (Å²) in [4.78, 5) is 13.8. The average molecular weight is 328 g/mol. The lowest BCUT2D eigenvalue weighted by molar-refractivity contribution is -0.135. The minimum absolute atomic E-state index is 0.0187. The third-order valence-corrected chi connectivity index (χ3v) is 4.09. The van der Waals surface area contributed by atoms with Gasteiger partial charge in [0.25, 0.3) is 5.91 Å². The van der Waals surface area contributed by atoms with Gasteiger partial charge in [-0.3, -0.25) is 4.79 Å². The molecule has 19 heavy (non-hydrogen) atoms. The second-order valence-corrected chi connectivity index (χ2v) is 5.76. The number of amides is 1. The fourth-order valence-corrected chi connectivity index (χ4v) is 2.62. The van der Waals surface area contributed by atoms with Crippen LogP contribution in [0.3, 0.4) is 0 Å². The van der Waals surface area contributed by atoms with Crippen molar-refractivity contribution in [1.82, 2.24) is 4.90 Å². The van der Waals surface area contributed by atoms with E-state index < -0.39 is 0 Å². The number of benzene rings is 1. The first-order valence-corrected chi connectivity index (χ1v) is 7.20. The zero-order chi connectivity index (χ0) is 13.8. The van der Waals surface area contributed by atoms with E-state index in [4.69, 9.17) is 4.74 Å². The Kier molecular flexibility index (Phi) is 4.82. The lowest BCUT2D eigenvalue weighted by atomic mass is 10.0. The van der Waals surface area contributed by atoms with Gasteiger partial charge in [0.15, 0.2) is 6.61 Å². The predicted molar refractivity (Wildman–Crippen MR) is 76.0 cm³/mol. The normalized spacial score (nSPS) is 22.6. The van der Waals surface area contributed by atoms with Gasteiger partial charge in [0.05, 0.1) is 12.6 Å². The van der Waals surface area contributed by atoms with E-state index in [0.717, 1.165) is 10.9 Å². The first-order valence-electron chi connectivity index (χ1n) is 6.40. The number of ether oxygens (including phenoxy) is 1. The van der Waals surface area contributed by atoms with Gasteiger partial charge in [-0.05, 0) is 36.6 Å². The quantitative estimate of drug-likeness (QED) is 0.920. The highest BCUT2D eigenvalue weighted by Crippen LogP contribution is 2.23. The molecule has 4 nitrogen and oxygen atoms in total. The van der Waals surface area contributed by atoms with Gasteiger partial charge >= 0.3 is 0 Å². The topological polar surface area (TPSA) is 49.8 Å². The number of carbonyl (C=O) groups is 1. The summed E-state index contributed by atoms with van der Waals surface area (Å²) in [6, 6.07) is 7.30. The van der Waals surface area contributed by atoms with Gasteiger partial charge in [0, 0.05) is 11.0 Å². The molecule has 2 unspecified atom stereocenters. The molecule has 0 aliphatic carbocycles. The molecule has 5 heteroatoms. The highest BCUT2D eigenvalue weighted by Gasteiger charge is 2.33. The van der Waals surface area contributed by atoms with Gasteiger partial charge in [0.2, 0.25) is 0 Å². The van der Waals surface area contributed by atoms with Crippen molar-refractivity contribution in [2.75, 3.05) is 19.8 Å². The van der Waals surface area contributed by atoms with Crippen LogP contribution in [0.15, 0.2) is 28.7 Å². The van der Waals surface area contributed by atoms with Crippen molar-refractivity contribution in [3.05, 3.63) is 28.7 Å². The van der Waals surface area contributed by atoms with Gasteiger partial charge in [-0.1, -0.05) is 22.9 Å². The van der Waals surface area contributed by atoms with Crippen molar-refractivity contribution < 1.29 is 14.6 Å². The standard InChI is InChI=1S/C14H18BrNO3/c1-10-6-7-16(13(10)8-17)14(18)9-19-12-4-2-11(15)3-5-12/h2-5,10,13,17H,6-9H2,1H3. The Morgan fingerprint density at radius 1 is 1.47 bits per heavy atom. The number of likely N-dealkylation sites (tertiary alicyclic amines) is 1. The monoisotopic (exact) mass is 327 g/mol. The lowest BCUT2D eigenvalue weighted by Gasteiger charge is -2.25. The summed E-state index contributed by atoms with van der Waals surface area (Å²) in [5, 5.41) is 9.33. The summed E-state index contributed by atoms with van der Waals surface area (Å²) in [6.07, 6.45) is 0.940. The highest BCUT2D eigenvalue weighted by atomic mass is 79.9. The summed E-state index contributed by atoms with van der Waals surface area (Å²) in [7, 11) is 0. The van der Waals surface area contributed by atoms with Crippen LogP contribution < -0.4 is 4.74 Å². The van der Waals surface area contributed by atoms with E-state index in [1.807, 2.05) is 24.3 Å². The molecule has 1 heterocycles. The van der Waals surface area contributed by atoms with E-state index in [9.17, 15) is 9.90 Å². The van der Waals surface area contributed by atoms with Crippen LogP contribution >= 0.6 is 15.9 Å². The maximum absolute atomic E-state index is 12.1. The summed E-state index contributed by atoms with van der Waals surface area (Å²) in [6.45, 7) is 2.80. The van der Waals surface area contributed by atoms with Crippen molar-refractivity contribution in [1.29, 1.82) is 0 Å². The highest BCUT2D eigenvalue weighted by molar-refractivity contribution is 9.10. The average Bonchev–Trinajstić information content (AvgIpc) is 2.79. The van der Waals surface area contributed by atoms with Crippen LogP contribution in [-0.4, -0.2) is 41.7 Å². The fourth-order valence-electron chi connectivity index (χ4n) is 2.36. The van der Waals surface area contributed by atoms with E-state index in [2.05, 4.69) is 22.9 Å². The molecule has 1 N–H and O–H groups in total. The van der Waals surface area contributed by atoms with Gasteiger partial charge in [-0.15, -0.1) is 0 Å². The fraction of sp³-hybridized carbons (Fsp3) is 0.500. The molecular weight excluding hydrogens is 310 g/mol. The Bertz CT molecular complexity index is 435. The molecule has 0 saturated carbocycles. The summed E-state index contributed by atoms with van der Waals surface area (Å²) < 4.78 is 6.44. The molecule has 0 bridgehead atoms. The maximum atomic E-state index is 12.1. The first kappa shape index (κ1) is 14.3. The Morgan fingerprint density at radius 3 is 2.79 bits per heavy atom. The molecule has 1 aliphatic rings. The van der Waals surface area contributed by atoms with E-state index in [-0.39, 0.29) is 25.2 Å². The second-order valence-electron chi connectivity index (χ2n) is 4.85. The van der Waals surface area contributed by atoms with Crippen molar-refractivity contribution in [3.63, 3.8) is 0 Å². The van der Waals surface area contributed by atoms with Crippen LogP contribution in [0.2, 0.25) is 0 Å². The van der Waals surface area contributed by atoms with E-state index in [1.54, 1.807) is 4.90 Å². The van der Waals surface area contributed by atoms with Crippen LogP contribution in [0.4, 0.5) is 0 Å². The number of hydrogen-bond acceptors (Lipinski definition) is 3. The molecule has 0 aromatic heterocycles. The Hall–Kier alpha value is -1.07. The Balaban J connectivity index is 1.89. The molecule has 1 fully saturated rings. The predicted octanol–water partition coefficient (Wildman–Crippen LogP) is 2.06. The minimum atomic E-state index is -0.0685. The third-order valence-electron chi connectivity index (χ3n) is 3.57. The van der Waals surface area contributed by atoms with Crippen LogP contribution in [0, 0.1) is 5.92 Å². The largest absolute Gasteiger partial charge is 0.484 e.